The Morgan fingerprint density at radius 2 is 2.69 bits per heavy atom. The van der Waals surface area contributed by atoms with Crippen molar-refractivity contribution in [3.63, 3.8) is 0 Å². The summed E-state index contributed by atoms with van der Waals surface area (Å²) in [5, 5.41) is 12.4. The average Bonchev–Trinajstić information content (AvgIpc) is 2.64. The number of rotatable bonds is 5. The van der Waals surface area contributed by atoms with Crippen LogP contribution in [0.25, 0.3) is 0 Å². The SMILES string of the molecule is CCNC(C#N)CSc1ncco1. The second-order valence-electron chi connectivity index (χ2n) is 2.35. The molecule has 0 aliphatic carbocycles. The maximum atomic E-state index is 8.71. The van der Waals surface area contributed by atoms with Crippen LogP contribution in [0.3, 0.4) is 0 Å². The molecule has 1 aromatic rings. The topological polar surface area (TPSA) is 61.9 Å². The van der Waals surface area contributed by atoms with Crippen LogP contribution in [-0.2, 0) is 0 Å². The molecule has 0 aliphatic heterocycles. The summed E-state index contributed by atoms with van der Waals surface area (Å²) in [5.41, 5.74) is 0. The molecule has 0 aromatic carbocycles. The Kier molecular flexibility index (Phi) is 4.36. The smallest absolute Gasteiger partial charge is 0.255 e. The maximum absolute atomic E-state index is 8.71. The van der Waals surface area contributed by atoms with Crippen LogP contribution >= 0.6 is 11.8 Å². The third-order valence-electron chi connectivity index (χ3n) is 1.39. The van der Waals surface area contributed by atoms with E-state index in [1.54, 1.807) is 6.20 Å². The first kappa shape index (κ1) is 10.1. The minimum atomic E-state index is -0.137. The van der Waals surface area contributed by atoms with Crippen molar-refractivity contribution < 1.29 is 4.42 Å². The third-order valence-corrected chi connectivity index (χ3v) is 2.34. The second-order valence-corrected chi connectivity index (χ2v) is 3.32. The number of thioether (sulfide) groups is 1. The van der Waals surface area contributed by atoms with Crippen molar-refractivity contribution in [3.8, 4) is 6.07 Å². The van der Waals surface area contributed by atoms with Crippen LogP contribution < -0.4 is 5.32 Å². The Labute approximate surface area is 81.3 Å². The summed E-state index contributed by atoms with van der Waals surface area (Å²) < 4.78 is 5.02. The van der Waals surface area contributed by atoms with Crippen molar-refractivity contribution in [1.82, 2.24) is 10.3 Å². The Bertz CT molecular complexity index is 267. The van der Waals surface area contributed by atoms with Gasteiger partial charge in [-0.25, -0.2) is 4.98 Å². The molecule has 1 unspecified atom stereocenters. The van der Waals surface area contributed by atoms with Gasteiger partial charge in [-0.1, -0.05) is 18.7 Å². The molecule has 0 aliphatic rings. The predicted octanol–water partition coefficient (Wildman–Crippen LogP) is 1.27. The molecule has 1 N–H and O–H groups in total. The minimum absolute atomic E-state index is 0.137. The fourth-order valence-electron chi connectivity index (χ4n) is 0.824. The van der Waals surface area contributed by atoms with E-state index in [1.807, 2.05) is 6.92 Å². The molecule has 5 heteroatoms. The van der Waals surface area contributed by atoms with Crippen molar-refractivity contribution >= 4 is 11.8 Å². The van der Waals surface area contributed by atoms with Crippen molar-refractivity contribution in [1.29, 1.82) is 5.26 Å². The van der Waals surface area contributed by atoms with Gasteiger partial charge in [-0.3, -0.25) is 0 Å². The number of nitrogens with zero attached hydrogens (tertiary/aromatic N) is 2. The third kappa shape index (κ3) is 3.49. The van der Waals surface area contributed by atoms with Crippen LogP contribution in [0.4, 0.5) is 0 Å². The first-order chi connectivity index (χ1) is 6.36. The van der Waals surface area contributed by atoms with E-state index in [2.05, 4.69) is 16.4 Å². The molecular formula is C8H11N3OS. The Balaban J connectivity index is 2.29. The van der Waals surface area contributed by atoms with Crippen LogP contribution in [0.5, 0.6) is 0 Å². The van der Waals surface area contributed by atoms with Gasteiger partial charge in [0.1, 0.15) is 12.3 Å². The highest BCUT2D eigenvalue weighted by atomic mass is 32.2. The molecule has 1 aromatic heterocycles. The van der Waals surface area contributed by atoms with Gasteiger partial charge in [0.25, 0.3) is 5.22 Å². The molecule has 1 atom stereocenters. The molecule has 0 amide bonds. The van der Waals surface area contributed by atoms with E-state index >= 15 is 0 Å². The maximum Gasteiger partial charge on any atom is 0.255 e. The number of hydrogen-bond donors (Lipinski definition) is 1. The van der Waals surface area contributed by atoms with Gasteiger partial charge >= 0.3 is 0 Å². The van der Waals surface area contributed by atoms with Crippen molar-refractivity contribution in [2.45, 2.75) is 18.2 Å². The summed E-state index contributed by atoms with van der Waals surface area (Å²) in [6.45, 7) is 2.77. The molecule has 0 spiro atoms. The van der Waals surface area contributed by atoms with Gasteiger partial charge in [-0.05, 0) is 6.54 Å². The molecule has 0 fully saturated rings. The molecule has 13 heavy (non-hydrogen) atoms. The van der Waals surface area contributed by atoms with E-state index in [4.69, 9.17) is 9.68 Å². The molecule has 70 valence electrons. The van der Waals surface area contributed by atoms with E-state index < -0.39 is 0 Å². The van der Waals surface area contributed by atoms with Crippen LogP contribution in [-0.4, -0.2) is 23.3 Å². The summed E-state index contributed by atoms with van der Waals surface area (Å²) >= 11 is 1.44. The lowest BCUT2D eigenvalue weighted by atomic mass is 10.4. The standard InChI is InChI=1S/C8H11N3OS/c1-2-10-7(5-9)6-13-8-11-3-4-12-8/h3-4,7,10H,2,6H2,1H3. The highest BCUT2D eigenvalue weighted by molar-refractivity contribution is 7.99. The zero-order chi connectivity index (χ0) is 9.52. The monoisotopic (exact) mass is 197 g/mol. The molecule has 0 saturated heterocycles. The lowest BCUT2D eigenvalue weighted by Gasteiger charge is -2.06. The zero-order valence-electron chi connectivity index (χ0n) is 7.36. The number of nitriles is 1. The molecular weight excluding hydrogens is 186 g/mol. The summed E-state index contributed by atoms with van der Waals surface area (Å²) in [4.78, 5) is 3.94. The molecule has 1 rings (SSSR count). The van der Waals surface area contributed by atoms with Gasteiger partial charge in [0.2, 0.25) is 0 Å². The first-order valence-corrected chi connectivity index (χ1v) is 5.00. The lowest BCUT2D eigenvalue weighted by Crippen LogP contribution is -2.29. The fourth-order valence-corrected chi connectivity index (χ4v) is 1.59. The molecule has 0 saturated carbocycles. The van der Waals surface area contributed by atoms with Crippen molar-refractivity contribution in [2.24, 2.45) is 0 Å². The van der Waals surface area contributed by atoms with Gasteiger partial charge in [0, 0.05) is 5.75 Å². The number of aromatic nitrogens is 1. The number of nitrogens with one attached hydrogen (secondary N) is 1. The van der Waals surface area contributed by atoms with E-state index in [0.717, 1.165) is 6.54 Å². The van der Waals surface area contributed by atoms with E-state index in [1.165, 1.54) is 18.0 Å². The predicted molar refractivity (Wildman–Crippen MR) is 50.3 cm³/mol. The quantitative estimate of drug-likeness (QED) is 0.720. The van der Waals surface area contributed by atoms with Crippen molar-refractivity contribution in [2.75, 3.05) is 12.3 Å². The van der Waals surface area contributed by atoms with Crippen LogP contribution in [0.2, 0.25) is 0 Å². The van der Waals surface area contributed by atoms with Gasteiger partial charge < -0.3 is 9.73 Å². The van der Waals surface area contributed by atoms with Gasteiger partial charge in [0.15, 0.2) is 0 Å². The second kappa shape index (κ2) is 5.62. The Hall–Kier alpha value is -0.990. The first-order valence-electron chi connectivity index (χ1n) is 4.02. The molecule has 0 bridgehead atoms. The largest absolute Gasteiger partial charge is 0.440 e. The summed E-state index contributed by atoms with van der Waals surface area (Å²) in [6.07, 6.45) is 3.12. The normalized spacial score (nSPS) is 12.3. The molecule has 4 nitrogen and oxygen atoms in total. The van der Waals surface area contributed by atoms with E-state index in [-0.39, 0.29) is 6.04 Å². The highest BCUT2D eigenvalue weighted by Gasteiger charge is 2.07. The van der Waals surface area contributed by atoms with E-state index in [9.17, 15) is 0 Å². The highest BCUT2D eigenvalue weighted by Crippen LogP contribution is 2.15. The minimum Gasteiger partial charge on any atom is -0.440 e. The number of hydrogen-bond acceptors (Lipinski definition) is 5. The average molecular weight is 197 g/mol. The summed E-state index contributed by atoms with van der Waals surface area (Å²) in [6, 6.07) is 2.03. The number of oxazole rings is 1. The van der Waals surface area contributed by atoms with Crippen LogP contribution in [0.15, 0.2) is 22.1 Å². The van der Waals surface area contributed by atoms with E-state index in [0.29, 0.717) is 11.0 Å². The Morgan fingerprint density at radius 3 is 3.23 bits per heavy atom. The zero-order valence-corrected chi connectivity index (χ0v) is 8.17. The molecule has 0 radical (unpaired) electrons. The van der Waals surface area contributed by atoms with Crippen LogP contribution in [0.1, 0.15) is 6.92 Å². The Morgan fingerprint density at radius 1 is 1.85 bits per heavy atom. The van der Waals surface area contributed by atoms with Gasteiger partial charge in [0.05, 0.1) is 12.3 Å². The van der Waals surface area contributed by atoms with Crippen molar-refractivity contribution in [3.05, 3.63) is 12.5 Å². The summed E-state index contributed by atoms with van der Waals surface area (Å²) in [7, 11) is 0. The van der Waals surface area contributed by atoms with Gasteiger partial charge in [-0.15, -0.1) is 0 Å². The summed E-state index contributed by atoms with van der Waals surface area (Å²) in [5.74, 6) is 0.658. The molecule has 1 heterocycles. The lowest BCUT2D eigenvalue weighted by molar-refractivity contribution is 0.453. The van der Waals surface area contributed by atoms with Crippen LogP contribution in [0, 0.1) is 11.3 Å². The van der Waals surface area contributed by atoms with Gasteiger partial charge in [-0.2, -0.15) is 5.26 Å². The fraction of sp³-hybridized carbons (Fsp3) is 0.500.